The molecule has 0 aromatic carbocycles. The third-order valence-electron chi connectivity index (χ3n) is 6.92. The molecule has 39 heavy (non-hydrogen) atoms. The van der Waals surface area contributed by atoms with Crippen LogP contribution in [0.25, 0.3) is 20.9 Å². The Balaban J connectivity index is 1.28. The average molecular weight is 569 g/mol. The van der Waals surface area contributed by atoms with E-state index in [9.17, 15) is 9.59 Å². The molecule has 204 valence electrons. The van der Waals surface area contributed by atoms with Crippen LogP contribution in [0.5, 0.6) is 0 Å². The maximum absolute atomic E-state index is 12.8. The van der Waals surface area contributed by atoms with Crippen molar-refractivity contribution < 1.29 is 13.9 Å². The number of carbonyl (C=O) groups is 1. The number of fused-ring (bicyclic) bond motifs is 1. The number of hydrogen-bond donors (Lipinski definition) is 4. The minimum Gasteiger partial charge on any atom is -0.459 e. The van der Waals surface area contributed by atoms with Crippen LogP contribution in [0.3, 0.4) is 0 Å². The molecule has 5 heterocycles. The normalized spacial score (nSPS) is 19.8. The summed E-state index contributed by atoms with van der Waals surface area (Å²) in [5, 5.41) is 8.64. The van der Waals surface area contributed by atoms with E-state index in [1.165, 1.54) is 28.9 Å². The zero-order valence-electron chi connectivity index (χ0n) is 21.0. The molecule has 14 heteroatoms. The fraction of sp³-hybridized carbons (Fsp3) is 0.400. The molecule has 1 amide bonds. The van der Waals surface area contributed by atoms with Gasteiger partial charge < -0.3 is 36.2 Å². The van der Waals surface area contributed by atoms with Crippen LogP contribution in [0.4, 0.5) is 21.8 Å². The summed E-state index contributed by atoms with van der Waals surface area (Å²) in [5.74, 6) is -0.00358. The molecule has 0 radical (unpaired) electrons. The summed E-state index contributed by atoms with van der Waals surface area (Å²) in [4.78, 5) is 40.4. The smallest absolute Gasteiger partial charge is 0.254 e. The summed E-state index contributed by atoms with van der Waals surface area (Å²) in [7, 11) is 0. The number of morpholine rings is 1. The van der Waals surface area contributed by atoms with Crippen LogP contribution in [-0.4, -0.2) is 59.2 Å². The molecular weight excluding hydrogens is 540 g/mol. The molecule has 0 spiro atoms. The fourth-order valence-electron chi connectivity index (χ4n) is 4.82. The van der Waals surface area contributed by atoms with Crippen molar-refractivity contribution in [2.24, 2.45) is 11.5 Å². The van der Waals surface area contributed by atoms with Gasteiger partial charge in [0.25, 0.3) is 5.91 Å². The Morgan fingerprint density at radius 2 is 1.95 bits per heavy atom. The number of thiazole rings is 1. The van der Waals surface area contributed by atoms with Gasteiger partial charge >= 0.3 is 0 Å². The molecule has 2 aliphatic rings. The zero-order chi connectivity index (χ0) is 26.9. The summed E-state index contributed by atoms with van der Waals surface area (Å²) in [6.45, 7) is 2.70. The third kappa shape index (κ3) is 5.32. The highest BCUT2D eigenvalue weighted by Crippen LogP contribution is 2.39. The monoisotopic (exact) mass is 568 g/mol. The van der Waals surface area contributed by atoms with Crippen LogP contribution in [-0.2, 0) is 4.74 Å². The Bertz CT molecular complexity index is 1560. The number of nitrogens with zero attached hydrogens (tertiary/aromatic N) is 4. The number of amides is 1. The molecule has 2 fully saturated rings. The van der Waals surface area contributed by atoms with Crippen LogP contribution in [0.15, 0.2) is 33.9 Å². The van der Waals surface area contributed by atoms with Gasteiger partial charge in [0.2, 0.25) is 11.4 Å². The number of hydrogen-bond acceptors (Lipinski definition) is 13. The number of furan rings is 1. The summed E-state index contributed by atoms with van der Waals surface area (Å²) >= 11 is 2.84. The van der Waals surface area contributed by atoms with Crippen LogP contribution in [0, 0.1) is 0 Å². The maximum Gasteiger partial charge on any atom is 0.254 e. The third-order valence-corrected chi connectivity index (χ3v) is 9.06. The lowest BCUT2D eigenvalue weighted by Crippen LogP contribution is -2.43. The molecule has 6 N–H and O–H groups in total. The number of rotatable bonds is 7. The first-order chi connectivity index (χ1) is 19.0. The fourth-order valence-corrected chi connectivity index (χ4v) is 6.90. The molecular formula is C25H28N8O4S2. The van der Waals surface area contributed by atoms with E-state index in [2.05, 4.69) is 30.5 Å². The number of carbonyl (C=O) groups excluding carboxylic acids is 1. The largest absolute Gasteiger partial charge is 0.459 e. The summed E-state index contributed by atoms with van der Waals surface area (Å²) in [6, 6.07) is 1.69. The number of nitrogens with two attached hydrogens (primary N) is 2. The van der Waals surface area contributed by atoms with Gasteiger partial charge in [-0.2, -0.15) is 4.98 Å². The number of anilines is 4. The van der Waals surface area contributed by atoms with Crippen molar-refractivity contribution in [1.29, 1.82) is 0 Å². The predicted octanol–water partition coefficient (Wildman–Crippen LogP) is 3.13. The molecule has 0 bridgehead atoms. The Morgan fingerprint density at radius 3 is 2.74 bits per heavy atom. The standard InChI is InChI=1S/C25H28N8O4S2/c26-15-3-1-2-4-16(15)30-25-29-10-13(22(27)35)23(32-25)31-18-11-28-24(38-18)14-12-37-20-17(34)9-19(39-21(14)20)33-5-7-36-8-6-33/h9-12,15-16H,1-8,26H2,(H2,27,35)(H2,29,30,31,32)/t15-,16+/m1/s1. The minimum atomic E-state index is -0.649. The SMILES string of the molecule is NC(=O)c1cnc(N[C@H]2CCCC[C@H]2N)nc1Nc1cnc(-c2coc3c(=O)cc(N4CCOCC4)sc23)s1. The molecule has 4 aromatic heterocycles. The number of primary amides is 1. The molecule has 2 atom stereocenters. The van der Waals surface area contributed by atoms with Gasteiger partial charge in [-0.05, 0) is 12.8 Å². The average Bonchev–Trinajstić information content (AvgIpc) is 3.58. The molecule has 1 saturated carbocycles. The lowest BCUT2D eigenvalue weighted by molar-refractivity contribution is 0.100. The van der Waals surface area contributed by atoms with Crippen LogP contribution >= 0.6 is 22.7 Å². The topological polar surface area (TPSA) is 175 Å². The molecule has 0 unspecified atom stereocenters. The van der Waals surface area contributed by atoms with Crippen molar-refractivity contribution in [2.45, 2.75) is 37.8 Å². The Labute approximate surface area is 231 Å². The molecule has 1 saturated heterocycles. The molecule has 6 rings (SSSR count). The lowest BCUT2D eigenvalue weighted by atomic mass is 9.91. The number of nitrogens with one attached hydrogen (secondary N) is 2. The van der Waals surface area contributed by atoms with E-state index in [0.717, 1.165) is 54.0 Å². The van der Waals surface area contributed by atoms with Gasteiger partial charge in [0, 0.05) is 37.4 Å². The number of ether oxygens (including phenoxy) is 1. The molecule has 4 aromatic rings. The van der Waals surface area contributed by atoms with Gasteiger partial charge in [0.15, 0.2) is 5.58 Å². The van der Waals surface area contributed by atoms with E-state index < -0.39 is 5.91 Å². The first kappa shape index (κ1) is 25.7. The second-order valence-corrected chi connectivity index (χ2v) is 11.6. The molecule has 1 aliphatic carbocycles. The van der Waals surface area contributed by atoms with Crippen LogP contribution in [0.1, 0.15) is 36.0 Å². The summed E-state index contributed by atoms with van der Waals surface area (Å²) in [5.41, 5.74) is 12.9. The quantitative estimate of drug-likeness (QED) is 0.258. The van der Waals surface area contributed by atoms with Gasteiger partial charge in [-0.1, -0.05) is 24.2 Å². The van der Waals surface area contributed by atoms with Crippen molar-refractivity contribution in [1.82, 2.24) is 15.0 Å². The first-order valence-electron chi connectivity index (χ1n) is 12.8. The van der Waals surface area contributed by atoms with Gasteiger partial charge in [-0.3, -0.25) is 9.59 Å². The van der Waals surface area contributed by atoms with E-state index in [-0.39, 0.29) is 28.9 Å². The second kappa shape index (κ2) is 10.9. The van der Waals surface area contributed by atoms with Gasteiger partial charge in [-0.25, -0.2) is 9.97 Å². The number of aromatic nitrogens is 3. The summed E-state index contributed by atoms with van der Waals surface area (Å²) < 4.78 is 11.8. The van der Waals surface area contributed by atoms with Crippen molar-refractivity contribution in [2.75, 3.05) is 41.8 Å². The van der Waals surface area contributed by atoms with E-state index in [1.54, 1.807) is 18.5 Å². The summed E-state index contributed by atoms with van der Waals surface area (Å²) in [6.07, 6.45) is 8.68. The highest BCUT2D eigenvalue weighted by Gasteiger charge is 2.24. The van der Waals surface area contributed by atoms with Gasteiger partial charge in [-0.15, -0.1) is 11.3 Å². The Kier molecular flexibility index (Phi) is 7.16. The van der Waals surface area contributed by atoms with E-state index >= 15 is 0 Å². The van der Waals surface area contributed by atoms with E-state index in [1.807, 2.05) is 0 Å². The van der Waals surface area contributed by atoms with Crippen LogP contribution in [0.2, 0.25) is 0 Å². The Hall–Kier alpha value is -3.59. The van der Waals surface area contributed by atoms with Crippen molar-refractivity contribution in [3.05, 3.63) is 40.5 Å². The van der Waals surface area contributed by atoms with Crippen molar-refractivity contribution >= 4 is 60.6 Å². The molecule has 1 aliphatic heterocycles. The second-order valence-electron chi connectivity index (χ2n) is 9.53. The van der Waals surface area contributed by atoms with Gasteiger partial charge in [0.05, 0.1) is 34.7 Å². The van der Waals surface area contributed by atoms with Crippen molar-refractivity contribution in [3.8, 4) is 10.6 Å². The van der Waals surface area contributed by atoms with Crippen LogP contribution < -0.4 is 32.4 Å². The maximum atomic E-state index is 12.8. The highest BCUT2D eigenvalue weighted by atomic mass is 32.1. The van der Waals surface area contributed by atoms with Crippen molar-refractivity contribution in [3.63, 3.8) is 0 Å². The van der Waals surface area contributed by atoms with E-state index in [0.29, 0.717) is 34.8 Å². The molecule has 12 nitrogen and oxygen atoms in total. The predicted molar refractivity (Wildman–Crippen MR) is 152 cm³/mol. The highest BCUT2D eigenvalue weighted by molar-refractivity contribution is 7.23. The first-order valence-corrected chi connectivity index (χ1v) is 14.4. The van der Waals surface area contributed by atoms with E-state index in [4.69, 9.17) is 20.6 Å². The Morgan fingerprint density at radius 1 is 1.13 bits per heavy atom. The minimum absolute atomic E-state index is 0.0166. The van der Waals surface area contributed by atoms with Gasteiger partial charge in [0.1, 0.15) is 27.7 Å². The lowest BCUT2D eigenvalue weighted by Gasteiger charge is -2.29. The zero-order valence-corrected chi connectivity index (χ0v) is 22.6.